The molecule has 0 saturated heterocycles. The molecule has 3 aromatic rings. The third-order valence-corrected chi connectivity index (χ3v) is 7.33. The molecule has 274 valence electrons. The minimum atomic E-state index is -1.04. The average molecular weight is 694 g/mol. The van der Waals surface area contributed by atoms with Crippen LogP contribution in [0.4, 0.5) is 9.59 Å². The molecule has 0 bridgehead atoms. The molecule has 0 fully saturated rings. The van der Waals surface area contributed by atoms with Gasteiger partial charge in [0.15, 0.2) is 0 Å². The number of ether oxygens (including phenoxy) is 4. The quantitative estimate of drug-likeness (QED) is 0.114. The second-order valence-corrected chi connectivity index (χ2v) is 14.2. The zero-order chi connectivity index (χ0) is 36.6. The molecule has 0 saturated carbocycles. The van der Waals surface area contributed by atoms with Crippen molar-refractivity contribution >= 4 is 12.2 Å². The predicted molar refractivity (Wildman–Crippen MR) is 193 cm³/mol. The number of rotatable bonds is 18. The van der Waals surface area contributed by atoms with Crippen LogP contribution >= 0.6 is 0 Å². The third kappa shape index (κ3) is 16.5. The van der Waals surface area contributed by atoms with Crippen molar-refractivity contribution in [3.8, 4) is 5.75 Å². The zero-order valence-electron chi connectivity index (χ0n) is 30.2. The van der Waals surface area contributed by atoms with E-state index in [9.17, 15) is 19.8 Å². The number of nitrogens with one attached hydrogen (secondary N) is 3. The maximum Gasteiger partial charge on any atom is 0.407 e. The van der Waals surface area contributed by atoms with E-state index in [2.05, 4.69) is 16.0 Å². The van der Waals surface area contributed by atoms with Crippen molar-refractivity contribution in [3.05, 3.63) is 102 Å². The Hall–Kier alpha value is -4.16. The van der Waals surface area contributed by atoms with Crippen molar-refractivity contribution in [2.75, 3.05) is 26.3 Å². The molecule has 0 radical (unpaired) electrons. The van der Waals surface area contributed by atoms with Crippen molar-refractivity contribution < 1.29 is 38.7 Å². The van der Waals surface area contributed by atoms with E-state index in [-0.39, 0.29) is 13.1 Å². The number of hydrogen-bond donors (Lipinski definition) is 5. The van der Waals surface area contributed by atoms with Crippen LogP contribution in [-0.2, 0) is 33.7 Å². The fraction of sp³-hybridized carbons (Fsp3) is 0.487. The first kappa shape index (κ1) is 40.3. The van der Waals surface area contributed by atoms with Crippen LogP contribution in [0.5, 0.6) is 5.75 Å². The molecular weight excluding hydrogens is 638 g/mol. The van der Waals surface area contributed by atoms with Crippen LogP contribution in [0.15, 0.2) is 84.9 Å². The van der Waals surface area contributed by atoms with E-state index in [4.69, 9.17) is 18.9 Å². The van der Waals surface area contributed by atoms with Crippen molar-refractivity contribution in [1.82, 2.24) is 16.0 Å². The van der Waals surface area contributed by atoms with E-state index < -0.39 is 47.7 Å². The molecule has 3 rings (SSSR count). The molecule has 0 aliphatic carbocycles. The minimum absolute atomic E-state index is 0.0478. The number of alkyl carbamates (subject to hydrolysis) is 2. The van der Waals surface area contributed by atoms with Gasteiger partial charge in [0.05, 0.1) is 37.5 Å². The number of aliphatic hydroxyl groups is 2. The van der Waals surface area contributed by atoms with E-state index in [0.717, 1.165) is 16.7 Å². The van der Waals surface area contributed by atoms with Gasteiger partial charge in [-0.3, -0.25) is 0 Å². The Morgan fingerprint density at radius 3 is 1.52 bits per heavy atom. The Morgan fingerprint density at radius 1 is 0.620 bits per heavy atom. The molecular formula is C39H55N3O8. The Kier molecular flexibility index (Phi) is 16.0. The van der Waals surface area contributed by atoms with Gasteiger partial charge in [0.25, 0.3) is 0 Å². The minimum Gasteiger partial charge on any atom is -0.491 e. The van der Waals surface area contributed by atoms with Crippen LogP contribution in [0.1, 0.15) is 58.2 Å². The monoisotopic (exact) mass is 693 g/mol. The smallest absolute Gasteiger partial charge is 0.407 e. The SMILES string of the molecule is CC(C)(C)OC(=O)N[C@@H](Cc1ccccc1)[C@H](O)CNC[C@@H](O)[C@H](Cc1ccc(OCCOCc2ccccc2)cc1)NC(=O)OC(C)(C)C. The zero-order valence-corrected chi connectivity index (χ0v) is 30.2. The lowest BCUT2D eigenvalue weighted by molar-refractivity contribution is 0.0399. The molecule has 0 aromatic heterocycles. The van der Waals surface area contributed by atoms with Crippen LogP contribution in [-0.4, -0.2) is 84.2 Å². The summed E-state index contributed by atoms with van der Waals surface area (Å²) in [5, 5.41) is 31.1. The number of aliphatic hydroxyl groups excluding tert-OH is 2. The standard InChI is InChI=1S/C39H55N3O8/c1-38(2,3)49-36(45)41-32(23-28-13-9-7-10-14-28)34(43)25-40-26-35(44)33(42-37(46)50-39(4,5)6)24-29-17-19-31(20-18-29)48-22-21-47-27-30-15-11-8-12-16-30/h7-20,32-35,40,43-44H,21-27H2,1-6H3,(H,41,45)(H,42,46)/t32-,33-,34+,35+/m0/s1. The summed E-state index contributed by atoms with van der Waals surface area (Å²) in [5.41, 5.74) is 1.47. The summed E-state index contributed by atoms with van der Waals surface area (Å²) >= 11 is 0. The number of benzene rings is 3. The lowest BCUT2D eigenvalue weighted by atomic mass is 10.00. The van der Waals surface area contributed by atoms with Gasteiger partial charge in [-0.1, -0.05) is 72.8 Å². The van der Waals surface area contributed by atoms with Crippen LogP contribution in [0.3, 0.4) is 0 Å². The highest BCUT2D eigenvalue weighted by Gasteiger charge is 2.28. The fourth-order valence-corrected chi connectivity index (χ4v) is 4.97. The molecule has 2 amide bonds. The second kappa shape index (κ2) is 19.9. The van der Waals surface area contributed by atoms with Crippen LogP contribution in [0.25, 0.3) is 0 Å². The van der Waals surface area contributed by atoms with E-state index in [1.807, 2.05) is 84.9 Å². The summed E-state index contributed by atoms with van der Waals surface area (Å²) in [5.74, 6) is 0.676. The molecule has 50 heavy (non-hydrogen) atoms. The van der Waals surface area contributed by atoms with Crippen LogP contribution in [0.2, 0.25) is 0 Å². The first-order valence-electron chi connectivity index (χ1n) is 17.1. The van der Waals surface area contributed by atoms with Gasteiger partial charge in [-0.15, -0.1) is 0 Å². The lowest BCUT2D eigenvalue weighted by Crippen LogP contribution is -2.53. The maximum atomic E-state index is 12.7. The highest BCUT2D eigenvalue weighted by Crippen LogP contribution is 2.16. The van der Waals surface area contributed by atoms with E-state index in [0.29, 0.717) is 38.4 Å². The molecule has 0 spiro atoms. The molecule has 0 aliphatic heterocycles. The van der Waals surface area contributed by atoms with Gasteiger partial charge in [-0.25, -0.2) is 9.59 Å². The predicted octanol–water partition coefficient (Wildman–Crippen LogP) is 5.17. The van der Waals surface area contributed by atoms with Gasteiger partial charge in [-0.05, 0) is 83.2 Å². The Morgan fingerprint density at radius 2 is 1.06 bits per heavy atom. The van der Waals surface area contributed by atoms with E-state index >= 15 is 0 Å². The molecule has 4 atom stereocenters. The molecule has 11 heteroatoms. The Bertz CT molecular complexity index is 1410. The number of carbonyl (C=O) groups excluding carboxylic acids is 2. The highest BCUT2D eigenvalue weighted by molar-refractivity contribution is 5.68. The fourth-order valence-electron chi connectivity index (χ4n) is 4.97. The largest absolute Gasteiger partial charge is 0.491 e. The molecule has 11 nitrogen and oxygen atoms in total. The second-order valence-electron chi connectivity index (χ2n) is 14.2. The number of amides is 2. The van der Waals surface area contributed by atoms with Gasteiger partial charge in [0.2, 0.25) is 0 Å². The molecule has 0 aliphatic rings. The topological polar surface area (TPSA) is 148 Å². The summed E-state index contributed by atoms with van der Waals surface area (Å²) in [6, 6.07) is 25.5. The first-order valence-corrected chi connectivity index (χ1v) is 17.1. The summed E-state index contributed by atoms with van der Waals surface area (Å²) in [7, 11) is 0. The molecule has 0 heterocycles. The number of carbonyl (C=O) groups is 2. The van der Waals surface area contributed by atoms with Gasteiger partial charge in [0.1, 0.15) is 23.6 Å². The summed E-state index contributed by atoms with van der Waals surface area (Å²) in [6.07, 6.45) is -2.66. The molecule has 5 N–H and O–H groups in total. The Balaban J connectivity index is 1.57. The van der Waals surface area contributed by atoms with Gasteiger partial charge < -0.3 is 45.1 Å². The average Bonchev–Trinajstić information content (AvgIpc) is 3.04. The van der Waals surface area contributed by atoms with Crippen molar-refractivity contribution in [3.63, 3.8) is 0 Å². The van der Waals surface area contributed by atoms with Crippen LogP contribution in [0, 0.1) is 0 Å². The van der Waals surface area contributed by atoms with E-state index in [1.165, 1.54) is 0 Å². The molecule has 0 unspecified atom stereocenters. The molecule has 3 aromatic carbocycles. The first-order chi connectivity index (χ1) is 23.7. The summed E-state index contributed by atoms with van der Waals surface area (Å²) in [4.78, 5) is 25.3. The normalized spacial score (nSPS) is 14.2. The maximum absolute atomic E-state index is 12.7. The summed E-state index contributed by atoms with van der Waals surface area (Å²) < 4.78 is 22.4. The number of hydrogen-bond acceptors (Lipinski definition) is 9. The summed E-state index contributed by atoms with van der Waals surface area (Å²) in [6.45, 7) is 12.1. The highest BCUT2D eigenvalue weighted by atomic mass is 16.6. The van der Waals surface area contributed by atoms with Crippen molar-refractivity contribution in [2.24, 2.45) is 0 Å². The van der Waals surface area contributed by atoms with Crippen molar-refractivity contribution in [1.29, 1.82) is 0 Å². The van der Waals surface area contributed by atoms with Gasteiger partial charge in [0, 0.05) is 13.1 Å². The van der Waals surface area contributed by atoms with Gasteiger partial charge >= 0.3 is 12.2 Å². The van der Waals surface area contributed by atoms with Gasteiger partial charge in [-0.2, -0.15) is 0 Å². The van der Waals surface area contributed by atoms with Crippen LogP contribution < -0.4 is 20.7 Å². The van der Waals surface area contributed by atoms with E-state index in [1.54, 1.807) is 41.5 Å². The third-order valence-electron chi connectivity index (χ3n) is 7.33. The Labute approximate surface area is 296 Å². The van der Waals surface area contributed by atoms with Crippen molar-refractivity contribution in [2.45, 2.75) is 96.5 Å². The lowest BCUT2D eigenvalue weighted by Gasteiger charge is -2.29.